The Morgan fingerprint density at radius 2 is 1.83 bits per heavy atom. The van der Waals surface area contributed by atoms with Gasteiger partial charge in [0.15, 0.2) is 11.1 Å². The lowest BCUT2D eigenvalue weighted by Crippen LogP contribution is -2.07. The second kappa shape index (κ2) is 3.71. The molecule has 12 heavy (non-hydrogen) atoms. The number of benzene rings is 1. The van der Waals surface area contributed by atoms with Crippen LogP contribution < -0.4 is 9.74 Å². The van der Waals surface area contributed by atoms with E-state index in [-0.39, 0.29) is 0 Å². The maximum Gasteiger partial charge on any atom is 0.161 e. The molecule has 4 nitrogen and oxygen atoms in total. The predicted molar refractivity (Wildman–Crippen MR) is 47.2 cm³/mol. The second-order valence-electron chi connectivity index (χ2n) is 2.55. The molecule has 0 unspecified atom stereocenters. The van der Waals surface area contributed by atoms with Crippen molar-refractivity contribution in [2.24, 2.45) is 5.34 Å². The maximum absolute atomic E-state index is 9.71. The van der Waals surface area contributed by atoms with Crippen LogP contribution in [0.2, 0.25) is 0 Å². The minimum Gasteiger partial charge on any atom is -0.378 e. The molecule has 0 spiro atoms. The molecule has 0 aliphatic carbocycles. The Bertz CT molecular complexity index is 256. The zero-order chi connectivity index (χ0) is 8.97. The van der Waals surface area contributed by atoms with Gasteiger partial charge in [0.2, 0.25) is 0 Å². The number of hydrogen-bond acceptors (Lipinski definition) is 4. The first kappa shape index (κ1) is 8.52. The fourth-order valence-corrected chi connectivity index (χ4v) is 0.848. The molecule has 1 aromatic rings. The van der Waals surface area contributed by atoms with Gasteiger partial charge in [-0.15, -0.1) is 4.91 Å². The molecule has 0 fully saturated rings. The largest absolute Gasteiger partial charge is 0.378 e. The van der Waals surface area contributed by atoms with Crippen LogP contribution in [-0.4, -0.2) is 14.1 Å². The van der Waals surface area contributed by atoms with E-state index in [0.717, 1.165) is 5.69 Å². The van der Waals surface area contributed by atoms with E-state index in [1.54, 1.807) is 12.1 Å². The van der Waals surface area contributed by atoms with E-state index in [0.29, 0.717) is 5.75 Å². The lowest BCUT2D eigenvalue weighted by molar-refractivity contribution is 0.335. The van der Waals surface area contributed by atoms with E-state index in [1.165, 1.54) is 0 Å². The molecule has 0 saturated heterocycles. The highest BCUT2D eigenvalue weighted by Gasteiger charge is 1.95. The zero-order valence-electron chi connectivity index (χ0n) is 7.02. The lowest BCUT2D eigenvalue weighted by atomic mass is 10.3. The highest BCUT2D eigenvalue weighted by Crippen LogP contribution is 2.17. The van der Waals surface area contributed by atoms with Crippen molar-refractivity contribution < 1.29 is 4.84 Å². The fraction of sp³-hybridized carbons (Fsp3) is 0.250. The summed E-state index contributed by atoms with van der Waals surface area (Å²) in [5.74, 6) is 0.454. The Hall–Kier alpha value is -1.58. The van der Waals surface area contributed by atoms with Crippen molar-refractivity contribution in [2.75, 3.05) is 19.0 Å². The summed E-state index contributed by atoms with van der Waals surface area (Å²) in [6.07, 6.45) is 0. The van der Waals surface area contributed by atoms with Gasteiger partial charge < -0.3 is 9.74 Å². The molecule has 64 valence electrons. The molecule has 4 heteroatoms. The van der Waals surface area contributed by atoms with Crippen molar-refractivity contribution in [3.63, 3.8) is 0 Å². The van der Waals surface area contributed by atoms with E-state index in [1.807, 2.05) is 31.1 Å². The van der Waals surface area contributed by atoms with Crippen molar-refractivity contribution in [3.05, 3.63) is 29.2 Å². The Morgan fingerprint density at radius 1 is 1.25 bits per heavy atom. The Balaban J connectivity index is 2.78. The Morgan fingerprint density at radius 3 is 2.25 bits per heavy atom. The van der Waals surface area contributed by atoms with Crippen LogP contribution in [-0.2, 0) is 0 Å². The number of hydrogen-bond donors (Lipinski definition) is 0. The SMILES string of the molecule is CN(C)c1ccc(ON=O)cc1. The molecule has 0 aliphatic rings. The van der Waals surface area contributed by atoms with Crippen molar-refractivity contribution >= 4 is 5.69 Å². The predicted octanol–water partition coefficient (Wildman–Crippen LogP) is 1.81. The highest BCUT2D eigenvalue weighted by atomic mass is 16.7. The summed E-state index contributed by atoms with van der Waals surface area (Å²) in [4.78, 5) is 16.1. The molecule has 0 amide bonds. The van der Waals surface area contributed by atoms with Crippen LogP contribution in [0.4, 0.5) is 5.69 Å². The smallest absolute Gasteiger partial charge is 0.161 e. The van der Waals surface area contributed by atoms with Gasteiger partial charge in [0.05, 0.1) is 0 Å². The van der Waals surface area contributed by atoms with Crippen LogP contribution in [0.5, 0.6) is 5.75 Å². The van der Waals surface area contributed by atoms with Crippen LogP contribution in [0.25, 0.3) is 0 Å². The van der Waals surface area contributed by atoms with E-state index < -0.39 is 0 Å². The third kappa shape index (κ3) is 1.95. The van der Waals surface area contributed by atoms with E-state index in [2.05, 4.69) is 10.2 Å². The minimum atomic E-state index is 0.454. The number of anilines is 1. The fourth-order valence-electron chi connectivity index (χ4n) is 0.848. The first-order valence-electron chi connectivity index (χ1n) is 3.51. The summed E-state index contributed by atoms with van der Waals surface area (Å²) >= 11 is 0. The van der Waals surface area contributed by atoms with Gasteiger partial charge in [-0.05, 0) is 24.3 Å². The second-order valence-corrected chi connectivity index (χ2v) is 2.55. The molecular formula is C8H10N2O2. The standard InChI is InChI=1S/C8H10N2O2/c1-10(2)7-3-5-8(6-4-7)12-9-11/h3-6H,1-2H3. The van der Waals surface area contributed by atoms with E-state index in [4.69, 9.17) is 0 Å². The Labute approximate surface area is 70.7 Å². The maximum atomic E-state index is 9.71. The van der Waals surface area contributed by atoms with Crippen molar-refractivity contribution in [1.29, 1.82) is 0 Å². The van der Waals surface area contributed by atoms with Gasteiger partial charge in [-0.3, -0.25) is 0 Å². The number of nitrogens with zero attached hydrogens (tertiary/aromatic N) is 2. The molecule has 0 aliphatic heterocycles. The van der Waals surface area contributed by atoms with Crippen molar-refractivity contribution in [3.8, 4) is 5.75 Å². The molecule has 0 heterocycles. The van der Waals surface area contributed by atoms with Crippen LogP contribution in [0.3, 0.4) is 0 Å². The van der Waals surface area contributed by atoms with Crippen molar-refractivity contribution in [1.82, 2.24) is 0 Å². The van der Waals surface area contributed by atoms with Crippen LogP contribution in [0, 0.1) is 4.91 Å². The molecule has 0 radical (unpaired) electrons. The lowest BCUT2D eigenvalue weighted by Gasteiger charge is -2.11. The molecule has 0 saturated carbocycles. The zero-order valence-corrected chi connectivity index (χ0v) is 7.02. The minimum absolute atomic E-state index is 0.454. The van der Waals surface area contributed by atoms with Gasteiger partial charge in [-0.25, -0.2) is 0 Å². The van der Waals surface area contributed by atoms with Crippen LogP contribution >= 0.6 is 0 Å². The molecular weight excluding hydrogens is 156 g/mol. The van der Waals surface area contributed by atoms with Crippen LogP contribution in [0.15, 0.2) is 29.6 Å². The summed E-state index contributed by atoms with van der Waals surface area (Å²) in [7, 11) is 3.88. The average molecular weight is 166 g/mol. The molecule has 0 N–H and O–H groups in total. The third-order valence-electron chi connectivity index (χ3n) is 1.50. The van der Waals surface area contributed by atoms with Gasteiger partial charge in [-0.1, -0.05) is 0 Å². The van der Waals surface area contributed by atoms with Gasteiger partial charge >= 0.3 is 0 Å². The van der Waals surface area contributed by atoms with Gasteiger partial charge in [0.25, 0.3) is 0 Å². The first-order chi connectivity index (χ1) is 5.74. The summed E-state index contributed by atoms with van der Waals surface area (Å²) < 4.78 is 0. The summed E-state index contributed by atoms with van der Waals surface area (Å²) in [6, 6.07) is 7.08. The van der Waals surface area contributed by atoms with Crippen molar-refractivity contribution in [2.45, 2.75) is 0 Å². The summed E-state index contributed by atoms with van der Waals surface area (Å²) in [6.45, 7) is 0. The van der Waals surface area contributed by atoms with Gasteiger partial charge in [0.1, 0.15) is 0 Å². The third-order valence-corrected chi connectivity index (χ3v) is 1.50. The van der Waals surface area contributed by atoms with E-state index >= 15 is 0 Å². The molecule has 1 rings (SSSR count). The highest BCUT2D eigenvalue weighted by molar-refractivity contribution is 5.47. The van der Waals surface area contributed by atoms with Crippen LogP contribution in [0.1, 0.15) is 0 Å². The monoisotopic (exact) mass is 166 g/mol. The molecule has 0 aromatic heterocycles. The Kier molecular flexibility index (Phi) is 2.63. The number of rotatable bonds is 3. The molecule has 0 atom stereocenters. The van der Waals surface area contributed by atoms with E-state index in [9.17, 15) is 4.91 Å². The van der Waals surface area contributed by atoms with Gasteiger partial charge in [0, 0.05) is 19.8 Å². The van der Waals surface area contributed by atoms with Gasteiger partial charge in [-0.2, -0.15) is 0 Å². The first-order valence-corrected chi connectivity index (χ1v) is 3.51. The topological polar surface area (TPSA) is 41.9 Å². The molecule has 0 bridgehead atoms. The molecule has 1 aromatic carbocycles. The normalized spacial score (nSPS) is 9.17. The quantitative estimate of drug-likeness (QED) is 0.508. The summed E-state index contributed by atoms with van der Waals surface area (Å²) in [5, 5.41) is 2.32. The average Bonchev–Trinajstić information content (AvgIpc) is 2.06. The summed E-state index contributed by atoms with van der Waals surface area (Å²) in [5.41, 5.74) is 1.05.